The van der Waals surface area contributed by atoms with Crippen molar-refractivity contribution in [2.24, 2.45) is 0 Å². The Labute approximate surface area is 157 Å². The molecule has 0 saturated heterocycles. The lowest BCUT2D eigenvalue weighted by Gasteiger charge is -2.08. The SMILES string of the molecule is O=S(=O)(NCCc1cnccn1)c1ccc(-c2ccc3ccoc3c2)cc1. The molecule has 27 heavy (non-hydrogen) atoms. The highest BCUT2D eigenvalue weighted by atomic mass is 32.2. The zero-order valence-electron chi connectivity index (χ0n) is 14.4. The van der Waals surface area contributed by atoms with Gasteiger partial charge in [-0.1, -0.05) is 24.3 Å². The molecule has 0 unspecified atom stereocenters. The molecule has 4 aromatic rings. The molecule has 1 N–H and O–H groups in total. The average Bonchev–Trinajstić information content (AvgIpc) is 3.17. The minimum Gasteiger partial charge on any atom is -0.464 e. The standard InChI is InChI=1S/C20H17N3O3S/c24-27(25,23-9-7-18-14-21-10-11-22-18)19-5-3-15(4-6-19)17-2-1-16-8-12-26-20(16)13-17/h1-6,8,10-14,23H,7,9H2. The molecule has 6 nitrogen and oxygen atoms in total. The van der Waals surface area contributed by atoms with Crippen LogP contribution in [0.5, 0.6) is 0 Å². The number of aromatic nitrogens is 2. The Morgan fingerprint density at radius 1 is 0.963 bits per heavy atom. The molecule has 0 aliphatic rings. The number of rotatable bonds is 6. The third-order valence-electron chi connectivity index (χ3n) is 4.24. The summed E-state index contributed by atoms with van der Waals surface area (Å²) in [6.45, 7) is 0.262. The van der Waals surface area contributed by atoms with Crippen molar-refractivity contribution in [2.75, 3.05) is 6.54 Å². The summed E-state index contributed by atoms with van der Waals surface area (Å²) in [6.07, 6.45) is 6.92. The van der Waals surface area contributed by atoms with E-state index in [9.17, 15) is 8.42 Å². The number of hydrogen-bond donors (Lipinski definition) is 1. The van der Waals surface area contributed by atoms with Gasteiger partial charge in [0.15, 0.2) is 0 Å². The molecule has 7 heteroatoms. The van der Waals surface area contributed by atoms with Crippen molar-refractivity contribution in [2.45, 2.75) is 11.3 Å². The predicted octanol–water partition coefficient (Wildman–Crippen LogP) is 3.41. The Morgan fingerprint density at radius 2 is 1.78 bits per heavy atom. The molecule has 2 aromatic carbocycles. The predicted molar refractivity (Wildman–Crippen MR) is 103 cm³/mol. The molecule has 0 bridgehead atoms. The molecule has 0 aliphatic heterocycles. The van der Waals surface area contributed by atoms with E-state index >= 15 is 0 Å². The van der Waals surface area contributed by atoms with Gasteiger partial charge >= 0.3 is 0 Å². The summed E-state index contributed by atoms with van der Waals surface area (Å²) in [5.41, 5.74) is 3.43. The maximum atomic E-state index is 12.4. The number of fused-ring (bicyclic) bond motifs is 1. The number of sulfonamides is 1. The van der Waals surface area contributed by atoms with Crippen LogP contribution in [0.25, 0.3) is 22.1 Å². The summed E-state index contributed by atoms with van der Waals surface area (Å²) in [5.74, 6) is 0. The molecular weight excluding hydrogens is 362 g/mol. The average molecular weight is 379 g/mol. The van der Waals surface area contributed by atoms with Gasteiger partial charge in [-0.3, -0.25) is 9.97 Å². The molecule has 0 spiro atoms. The minimum absolute atomic E-state index is 0.226. The van der Waals surface area contributed by atoms with Crippen LogP contribution in [-0.4, -0.2) is 24.9 Å². The smallest absolute Gasteiger partial charge is 0.240 e. The molecule has 4 rings (SSSR count). The Morgan fingerprint density at radius 3 is 2.56 bits per heavy atom. The number of furan rings is 1. The van der Waals surface area contributed by atoms with Crippen molar-refractivity contribution in [3.05, 3.63) is 79.1 Å². The number of hydrogen-bond acceptors (Lipinski definition) is 5. The van der Waals surface area contributed by atoms with Crippen molar-refractivity contribution in [3.63, 3.8) is 0 Å². The second-order valence-corrected chi connectivity index (χ2v) is 7.81. The van der Waals surface area contributed by atoms with Crippen LogP contribution in [0, 0.1) is 0 Å². The van der Waals surface area contributed by atoms with Crippen molar-refractivity contribution in [1.82, 2.24) is 14.7 Å². The second-order valence-electron chi connectivity index (χ2n) is 6.04. The van der Waals surface area contributed by atoms with Crippen LogP contribution in [0.3, 0.4) is 0 Å². The molecule has 2 heterocycles. The van der Waals surface area contributed by atoms with Gasteiger partial charge in [0.1, 0.15) is 5.58 Å². The molecule has 136 valence electrons. The number of nitrogens with zero attached hydrogens (tertiary/aromatic N) is 2. The van der Waals surface area contributed by atoms with E-state index < -0.39 is 10.0 Å². The Kier molecular flexibility index (Phi) is 4.70. The molecule has 0 amide bonds. The van der Waals surface area contributed by atoms with Gasteiger partial charge in [0, 0.05) is 36.9 Å². The van der Waals surface area contributed by atoms with Gasteiger partial charge in [-0.15, -0.1) is 0 Å². The van der Waals surface area contributed by atoms with Crippen molar-refractivity contribution >= 4 is 21.0 Å². The number of benzene rings is 2. The van der Waals surface area contributed by atoms with E-state index in [2.05, 4.69) is 14.7 Å². The Hall–Kier alpha value is -3.03. The third-order valence-corrected chi connectivity index (χ3v) is 5.72. The maximum absolute atomic E-state index is 12.4. The van der Waals surface area contributed by atoms with Crippen molar-refractivity contribution < 1.29 is 12.8 Å². The zero-order valence-corrected chi connectivity index (χ0v) is 15.2. The van der Waals surface area contributed by atoms with E-state index in [1.165, 1.54) is 0 Å². The molecule has 0 aliphatic carbocycles. The lowest BCUT2D eigenvalue weighted by molar-refractivity contribution is 0.581. The lowest BCUT2D eigenvalue weighted by atomic mass is 10.0. The van der Waals surface area contributed by atoms with E-state index in [-0.39, 0.29) is 11.4 Å². The molecular formula is C20H17N3O3S. The fraction of sp³-hybridized carbons (Fsp3) is 0.100. The first-order valence-corrected chi connectivity index (χ1v) is 9.92. The van der Waals surface area contributed by atoms with Crippen LogP contribution in [0.15, 0.2) is 82.7 Å². The van der Waals surface area contributed by atoms with Gasteiger partial charge in [0.2, 0.25) is 10.0 Å². The monoisotopic (exact) mass is 379 g/mol. The van der Waals surface area contributed by atoms with Crippen LogP contribution >= 0.6 is 0 Å². The van der Waals surface area contributed by atoms with E-state index in [1.807, 2.05) is 24.3 Å². The largest absolute Gasteiger partial charge is 0.464 e. The summed E-state index contributed by atoms with van der Waals surface area (Å²) >= 11 is 0. The van der Waals surface area contributed by atoms with Gasteiger partial charge < -0.3 is 4.42 Å². The van der Waals surface area contributed by atoms with Gasteiger partial charge in [-0.25, -0.2) is 13.1 Å². The molecule has 0 fully saturated rings. The van der Waals surface area contributed by atoms with Crippen molar-refractivity contribution in [1.29, 1.82) is 0 Å². The number of nitrogens with one attached hydrogen (secondary N) is 1. The van der Waals surface area contributed by atoms with Crippen LogP contribution < -0.4 is 4.72 Å². The normalized spacial score (nSPS) is 11.7. The van der Waals surface area contributed by atoms with Gasteiger partial charge in [-0.2, -0.15) is 0 Å². The molecule has 0 atom stereocenters. The first-order chi connectivity index (χ1) is 13.1. The lowest BCUT2D eigenvalue weighted by Crippen LogP contribution is -2.26. The van der Waals surface area contributed by atoms with Crippen LogP contribution in [0.2, 0.25) is 0 Å². The highest BCUT2D eigenvalue weighted by Crippen LogP contribution is 2.26. The van der Waals surface area contributed by atoms with E-state index in [4.69, 9.17) is 4.42 Å². The van der Waals surface area contributed by atoms with Crippen molar-refractivity contribution in [3.8, 4) is 11.1 Å². The fourth-order valence-corrected chi connectivity index (χ4v) is 3.85. The quantitative estimate of drug-likeness (QED) is 0.555. The fourth-order valence-electron chi connectivity index (χ4n) is 2.82. The topological polar surface area (TPSA) is 85.1 Å². The second kappa shape index (κ2) is 7.30. The summed E-state index contributed by atoms with van der Waals surface area (Å²) in [7, 11) is -3.57. The highest BCUT2D eigenvalue weighted by molar-refractivity contribution is 7.89. The van der Waals surface area contributed by atoms with Crippen LogP contribution in [-0.2, 0) is 16.4 Å². The van der Waals surface area contributed by atoms with E-state index in [1.54, 1.807) is 49.1 Å². The molecule has 2 aromatic heterocycles. The van der Waals surface area contributed by atoms with E-state index in [0.29, 0.717) is 6.42 Å². The Balaban J connectivity index is 1.47. The highest BCUT2D eigenvalue weighted by Gasteiger charge is 2.13. The third kappa shape index (κ3) is 3.89. The van der Waals surface area contributed by atoms with Gasteiger partial charge in [0.25, 0.3) is 0 Å². The first kappa shape index (κ1) is 17.4. The zero-order chi connectivity index (χ0) is 18.7. The first-order valence-electron chi connectivity index (χ1n) is 8.44. The molecule has 0 saturated carbocycles. The van der Waals surface area contributed by atoms with E-state index in [0.717, 1.165) is 27.8 Å². The van der Waals surface area contributed by atoms with Gasteiger partial charge in [0.05, 0.1) is 16.9 Å². The summed E-state index contributed by atoms with van der Waals surface area (Å²) in [6, 6.07) is 14.6. The Bertz CT molecular complexity index is 1150. The maximum Gasteiger partial charge on any atom is 0.240 e. The minimum atomic E-state index is -3.57. The van der Waals surface area contributed by atoms with Crippen LogP contribution in [0.4, 0.5) is 0 Å². The summed E-state index contributed by atoms with van der Waals surface area (Å²) in [4.78, 5) is 8.32. The molecule has 0 radical (unpaired) electrons. The van der Waals surface area contributed by atoms with Gasteiger partial charge in [-0.05, 0) is 35.4 Å². The summed E-state index contributed by atoms with van der Waals surface area (Å²) in [5, 5.41) is 1.03. The van der Waals surface area contributed by atoms with Crippen LogP contribution in [0.1, 0.15) is 5.69 Å². The summed E-state index contributed by atoms with van der Waals surface area (Å²) < 4.78 is 32.9.